The Morgan fingerprint density at radius 2 is 1.79 bits per heavy atom. The summed E-state index contributed by atoms with van der Waals surface area (Å²) in [6.07, 6.45) is 0. The summed E-state index contributed by atoms with van der Waals surface area (Å²) in [7, 11) is 0. The molecule has 0 radical (unpaired) electrons. The maximum atomic E-state index is 5.26. The average Bonchev–Trinajstić information content (AvgIpc) is 3.05. The van der Waals surface area contributed by atoms with Crippen molar-refractivity contribution in [3.05, 3.63) is 60.0 Å². The molecule has 1 N–H and O–H groups in total. The van der Waals surface area contributed by atoms with Gasteiger partial charge in [0.15, 0.2) is 5.13 Å². The van der Waals surface area contributed by atoms with Crippen LogP contribution in [0.1, 0.15) is 6.92 Å². The van der Waals surface area contributed by atoms with Gasteiger partial charge in [-0.2, -0.15) is 0 Å². The van der Waals surface area contributed by atoms with Gasteiger partial charge in [-0.1, -0.05) is 73.0 Å². The summed E-state index contributed by atoms with van der Waals surface area (Å²) < 4.78 is 0.771. The smallest absolute Gasteiger partial charge is 0.188 e. The fourth-order valence-corrected chi connectivity index (χ4v) is 4.61. The first-order chi connectivity index (χ1) is 11.7. The zero-order valence-electron chi connectivity index (χ0n) is 13.1. The Hall–Kier alpha value is -1.34. The van der Waals surface area contributed by atoms with Gasteiger partial charge in [0, 0.05) is 20.7 Å². The van der Waals surface area contributed by atoms with Crippen LogP contribution < -0.4 is 5.32 Å². The second-order valence-corrected chi connectivity index (χ2v) is 8.77. The standard InChI is InChI=1S/C18H16N2S4/c1-2-22-18(21)20-17-19-16(12-23-17)13-8-10-15(11-9-13)24-14-6-4-3-5-7-14/h3-12H,2H2,1H3,(H,19,20,21). The van der Waals surface area contributed by atoms with E-state index >= 15 is 0 Å². The minimum atomic E-state index is 0.771. The van der Waals surface area contributed by atoms with E-state index in [1.807, 2.05) is 6.07 Å². The van der Waals surface area contributed by atoms with E-state index in [-0.39, 0.29) is 0 Å². The highest BCUT2D eigenvalue weighted by Gasteiger charge is 2.06. The van der Waals surface area contributed by atoms with Gasteiger partial charge in [-0.05, 0) is 30.0 Å². The fourth-order valence-electron chi connectivity index (χ4n) is 2.04. The Morgan fingerprint density at radius 1 is 1.08 bits per heavy atom. The molecule has 0 unspecified atom stereocenters. The summed E-state index contributed by atoms with van der Waals surface area (Å²) in [6.45, 7) is 2.08. The van der Waals surface area contributed by atoms with Crippen molar-refractivity contribution in [1.29, 1.82) is 0 Å². The first kappa shape index (κ1) is 17.5. The number of hydrogen-bond acceptors (Lipinski definition) is 5. The van der Waals surface area contributed by atoms with Crippen molar-refractivity contribution in [3.63, 3.8) is 0 Å². The van der Waals surface area contributed by atoms with Gasteiger partial charge in [-0.3, -0.25) is 0 Å². The lowest BCUT2D eigenvalue weighted by molar-refractivity contribution is 1.37. The Labute approximate surface area is 160 Å². The van der Waals surface area contributed by atoms with Crippen molar-refractivity contribution in [1.82, 2.24) is 4.98 Å². The van der Waals surface area contributed by atoms with E-state index in [1.165, 1.54) is 9.79 Å². The number of nitrogens with one attached hydrogen (secondary N) is 1. The molecule has 6 heteroatoms. The molecule has 0 aliphatic rings. The zero-order valence-corrected chi connectivity index (χ0v) is 16.3. The molecule has 2 aromatic carbocycles. The van der Waals surface area contributed by atoms with E-state index in [9.17, 15) is 0 Å². The number of thiazole rings is 1. The number of thiocarbonyl (C=S) groups is 1. The molecular formula is C18H16N2S4. The molecule has 2 nitrogen and oxygen atoms in total. The van der Waals surface area contributed by atoms with Crippen molar-refractivity contribution < 1.29 is 0 Å². The van der Waals surface area contributed by atoms with Crippen LogP contribution in [0.3, 0.4) is 0 Å². The molecule has 0 bridgehead atoms. The summed E-state index contributed by atoms with van der Waals surface area (Å²) in [6, 6.07) is 18.9. The molecule has 0 amide bonds. The topological polar surface area (TPSA) is 24.9 Å². The lowest BCUT2D eigenvalue weighted by Crippen LogP contribution is -2.04. The van der Waals surface area contributed by atoms with Crippen LogP contribution in [-0.2, 0) is 0 Å². The number of rotatable bonds is 5. The molecule has 0 saturated carbocycles. The quantitative estimate of drug-likeness (QED) is 0.509. The lowest BCUT2D eigenvalue weighted by atomic mass is 10.2. The number of hydrogen-bond donors (Lipinski definition) is 1. The number of anilines is 1. The third-order valence-electron chi connectivity index (χ3n) is 3.12. The monoisotopic (exact) mass is 388 g/mol. The van der Waals surface area contributed by atoms with Gasteiger partial charge in [0.05, 0.1) is 5.69 Å². The van der Waals surface area contributed by atoms with E-state index in [0.29, 0.717) is 0 Å². The fraction of sp³-hybridized carbons (Fsp3) is 0.111. The molecule has 24 heavy (non-hydrogen) atoms. The third kappa shape index (κ3) is 4.83. The minimum Gasteiger partial charge on any atom is -0.317 e. The molecule has 122 valence electrons. The third-order valence-corrected chi connectivity index (χ3v) is 6.00. The number of nitrogens with zero attached hydrogens (tertiary/aromatic N) is 1. The van der Waals surface area contributed by atoms with Crippen LogP contribution in [0.4, 0.5) is 5.13 Å². The molecule has 0 aliphatic carbocycles. The van der Waals surface area contributed by atoms with Gasteiger partial charge >= 0.3 is 0 Å². The predicted octanol–water partition coefficient (Wildman–Crippen LogP) is 6.41. The first-order valence-electron chi connectivity index (χ1n) is 7.47. The molecule has 3 rings (SSSR count). The molecule has 1 heterocycles. The normalized spacial score (nSPS) is 10.5. The van der Waals surface area contributed by atoms with Gasteiger partial charge in [-0.25, -0.2) is 4.98 Å². The summed E-state index contributed by atoms with van der Waals surface area (Å²) in [5, 5.41) is 6.08. The molecule has 0 spiro atoms. The van der Waals surface area contributed by atoms with Crippen LogP contribution >= 0.6 is 47.1 Å². The van der Waals surface area contributed by atoms with Crippen LogP contribution in [0.15, 0.2) is 69.8 Å². The molecule has 1 aromatic heterocycles. The van der Waals surface area contributed by atoms with Crippen molar-refractivity contribution >= 4 is 56.5 Å². The zero-order chi connectivity index (χ0) is 16.8. The van der Waals surface area contributed by atoms with Crippen molar-refractivity contribution in [2.24, 2.45) is 0 Å². The Balaban J connectivity index is 1.67. The number of benzene rings is 2. The van der Waals surface area contributed by atoms with Crippen LogP contribution in [0.2, 0.25) is 0 Å². The maximum absolute atomic E-state index is 5.26. The van der Waals surface area contributed by atoms with Crippen LogP contribution in [-0.4, -0.2) is 15.1 Å². The molecule has 0 aliphatic heterocycles. The van der Waals surface area contributed by atoms with Gasteiger partial charge in [0.2, 0.25) is 0 Å². The lowest BCUT2D eigenvalue weighted by Gasteiger charge is -2.03. The molecular weight excluding hydrogens is 372 g/mol. The second-order valence-electron chi connectivity index (χ2n) is 4.82. The highest BCUT2D eigenvalue weighted by atomic mass is 32.2. The van der Waals surface area contributed by atoms with E-state index in [4.69, 9.17) is 12.2 Å². The molecule has 0 saturated heterocycles. The number of thioether (sulfide) groups is 1. The van der Waals surface area contributed by atoms with Crippen molar-refractivity contribution in [2.75, 3.05) is 11.1 Å². The summed E-state index contributed by atoms with van der Waals surface area (Å²) in [5.74, 6) is 0.963. The summed E-state index contributed by atoms with van der Waals surface area (Å²) >= 11 is 10.2. The largest absolute Gasteiger partial charge is 0.317 e. The van der Waals surface area contributed by atoms with Gasteiger partial charge in [0.25, 0.3) is 0 Å². The van der Waals surface area contributed by atoms with Gasteiger partial charge in [-0.15, -0.1) is 11.3 Å². The highest BCUT2D eigenvalue weighted by Crippen LogP contribution is 2.30. The Bertz CT molecular complexity index is 797. The SMILES string of the molecule is CCSC(=S)Nc1nc(-c2ccc(Sc3ccccc3)cc2)cs1. The van der Waals surface area contributed by atoms with Crippen LogP contribution in [0.5, 0.6) is 0 Å². The molecule has 0 fully saturated rings. The molecule has 3 aromatic rings. The van der Waals surface area contributed by atoms with Crippen molar-refractivity contribution in [2.45, 2.75) is 16.7 Å². The van der Waals surface area contributed by atoms with Gasteiger partial charge in [0.1, 0.15) is 4.32 Å². The van der Waals surface area contributed by atoms with E-state index < -0.39 is 0 Å². The summed E-state index contributed by atoms with van der Waals surface area (Å²) in [5.41, 5.74) is 2.09. The minimum absolute atomic E-state index is 0.771. The van der Waals surface area contributed by atoms with Crippen molar-refractivity contribution in [3.8, 4) is 11.3 Å². The maximum Gasteiger partial charge on any atom is 0.188 e. The summed E-state index contributed by atoms with van der Waals surface area (Å²) in [4.78, 5) is 7.08. The van der Waals surface area contributed by atoms with Gasteiger partial charge < -0.3 is 5.32 Å². The van der Waals surface area contributed by atoms with E-state index in [1.54, 1.807) is 34.9 Å². The van der Waals surface area contributed by atoms with E-state index in [0.717, 1.165) is 26.5 Å². The van der Waals surface area contributed by atoms with Crippen LogP contribution in [0, 0.1) is 0 Å². The Morgan fingerprint density at radius 3 is 2.50 bits per heavy atom. The molecule has 0 atom stereocenters. The van der Waals surface area contributed by atoms with E-state index in [2.05, 4.69) is 71.1 Å². The highest BCUT2D eigenvalue weighted by molar-refractivity contribution is 8.23. The van der Waals surface area contributed by atoms with Crippen LogP contribution in [0.25, 0.3) is 11.3 Å². The second kappa shape index (κ2) is 8.67. The predicted molar refractivity (Wildman–Crippen MR) is 112 cm³/mol. The average molecular weight is 389 g/mol. The Kier molecular flexibility index (Phi) is 6.31. The first-order valence-corrected chi connectivity index (χ1v) is 10.6. The number of aromatic nitrogens is 1.